The molecule has 26 heavy (non-hydrogen) atoms. The third-order valence-corrected chi connectivity index (χ3v) is 7.28. The molecule has 0 aromatic heterocycles. The first kappa shape index (κ1) is 19.5. The van der Waals surface area contributed by atoms with E-state index in [2.05, 4.69) is 49.8 Å². The van der Waals surface area contributed by atoms with Gasteiger partial charge in [-0.25, -0.2) is 13.1 Å². The van der Waals surface area contributed by atoms with E-state index < -0.39 is 15.3 Å². The summed E-state index contributed by atoms with van der Waals surface area (Å²) in [6.45, 7) is 5.80. The van der Waals surface area contributed by atoms with Gasteiger partial charge in [0.05, 0.1) is 5.25 Å². The number of halogens is 1. The van der Waals surface area contributed by atoms with Crippen LogP contribution in [0.25, 0.3) is 0 Å². The van der Waals surface area contributed by atoms with E-state index in [0.29, 0.717) is 6.54 Å². The van der Waals surface area contributed by atoms with E-state index in [-0.39, 0.29) is 12.0 Å². The summed E-state index contributed by atoms with van der Waals surface area (Å²) < 4.78 is 28.9. The normalized spacial score (nSPS) is 21.4. The van der Waals surface area contributed by atoms with Crippen molar-refractivity contribution in [2.75, 3.05) is 13.1 Å². The van der Waals surface area contributed by atoms with Gasteiger partial charge in [-0.1, -0.05) is 58.4 Å². The molecule has 1 heterocycles. The van der Waals surface area contributed by atoms with E-state index in [0.717, 1.165) is 17.6 Å². The Bertz CT molecular complexity index is 823. The lowest BCUT2D eigenvalue weighted by Crippen LogP contribution is -2.42. The first-order chi connectivity index (χ1) is 12.3. The molecule has 0 amide bonds. The third kappa shape index (κ3) is 4.74. The third-order valence-electron chi connectivity index (χ3n) is 4.88. The minimum Gasteiger partial charge on any atom is -0.297 e. The van der Waals surface area contributed by atoms with Crippen LogP contribution in [0.4, 0.5) is 0 Å². The predicted octanol–water partition coefficient (Wildman–Crippen LogP) is 3.74. The number of benzene rings is 2. The molecular weight excluding hydrogens is 412 g/mol. The lowest BCUT2D eigenvalue weighted by Gasteiger charge is -2.21. The van der Waals surface area contributed by atoms with Crippen molar-refractivity contribution in [3.63, 3.8) is 0 Å². The van der Waals surface area contributed by atoms with Gasteiger partial charge in [-0.3, -0.25) is 4.90 Å². The fourth-order valence-electron chi connectivity index (χ4n) is 3.37. The van der Waals surface area contributed by atoms with Crippen molar-refractivity contribution < 1.29 is 8.42 Å². The SMILES string of the molecule is CC(C)S(=O)(=O)N[C@H]1CN(Cc2ccccc2)C[C@@H]1c1ccc(Br)cc1. The summed E-state index contributed by atoms with van der Waals surface area (Å²) >= 11 is 3.47. The van der Waals surface area contributed by atoms with Crippen molar-refractivity contribution in [1.82, 2.24) is 9.62 Å². The van der Waals surface area contributed by atoms with Crippen molar-refractivity contribution in [1.29, 1.82) is 0 Å². The highest BCUT2D eigenvalue weighted by molar-refractivity contribution is 9.10. The van der Waals surface area contributed by atoms with Crippen LogP contribution in [0, 0.1) is 0 Å². The van der Waals surface area contributed by atoms with E-state index in [1.54, 1.807) is 13.8 Å². The van der Waals surface area contributed by atoms with Crippen LogP contribution >= 0.6 is 15.9 Å². The zero-order valence-corrected chi connectivity index (χ0v) is 17.5. The van der Waals surface area contributed by atoms with Crippen LogP contribution in [0.5, 0.6) is 0 Å². The van der Waals surface area contributed by atoms with Gasteiger partial charge in [-0.15, -0.1) is 0 Å². The molecule has 1 saturated heterocycles. The van der Waals surface area contributed by atoms with Crippen LogP contribution in [-0.4, -0.2) is 37.7 Å². The molecule has 0 spiro atoms. The summed E-state index contributed by atoms with van der Waals surface area (Å²) in [5.74, 6) is 0.139. The zero-order chi connectivity index (χ0) is 18.7. The van der Waals surface area contributed by atoms with E-state index in [1.165, 1.54) is 11.1 Å². The molecule has 3 rings (SSSR count). The number of nitrogens with zero attached hydrogens (tertiary/aromatic N) is 1. The van der Waals surface area contributed by atoms with Crippen molar-refractivity contribution in [3.8, 4) is 0 Å². The minimum absolute atomic E-state index is 0.118. The highest BCUT2D eigenvalue weighted by Gasteiger charge is 2.36. The summed E-state index contributed by atoms with van der Waals surface area (Å²) in [6, 6.07) is 18.4. The van der Waals surface area contributed by atoms with Crippen LogP contribution in [-0.2, 0) is 16.6 Å². The van der Waals surface area contributed by atoms with Crippen LogP contribution in [0.1, 0.15) is 30.9 Å². The van der Waals surface area contributed by atoms with E-state index in [4.69, 9.17) is 0 Å². The summed E-state index contributed by atoms with van der Waals surface area (Å²) in [5, 5.41) is -0.434. The molecule has 1 N–H and O–H groups in total. The van der Waals surface area contributed by atoms with Gasteiger partial charge in [0.1, 0.15) is 0 Å². The lowest BCUT2D eigenvalue weighted by atomic mass is 9.95. The van der Waals surface area contributed by atoms with Gasteiger partial charge in [0, 0.05) is 36.1 Å². The molecule has 4 nitrogen and oxygen atoms in total. The Morgan fingerprint density at radius 3 is 2.35 bits per heavy atom. The summed E-state index contributed by atoms with van der Waals surface area (Å²) in [7, 11) is -3.31. The predicted molar refractivity (Wildman–Crippen MR) is 110 cm³/mol. The molecule has 0 unspecified atom stereocenters. The van der Waals surface area contributed by atoms with E-state index >= 15 is 0 Å². The van der Waals surface area contributed by atoms with Crippen LogP contribution in [0.15, 0.2) is 59.1 Å². The second kappa shape index (κ2) is 8.21. The molecule has 0 bridgehead atoms. The maximum Gasteiger partial charge on any atom is 0.214 e. The topological polar surface area (TPSA) is 49.4 Å². The average Bonchev–Trinajstić information content (AvgIpc) is 2.98. The Balaban J connectivity index is 1.82. The van der Waals surface area contributed by atoms with Crippen molar-refractivity contribution >= 4 is 26.0 Å². The summed E-state index contributed by atoms with van der Waals surface area (Å²) in [4.78, 5) is 2.33. The first-order valence-electron chi connectivity index (χ1n) is 8.88. The van der Waals surface area contributed by atoms with Gasteiger partial charge in [0.2, 0.25) is 10.0 Å². The van der Waals surface area contributed by atoms with Crippen molar-refractivity contribution in [2.45, 2.75) is 37.6 Å². The van der Waals surface area contributed by atoms with E-state index in [9.17, 15) is 8.42 Å². The molecule has 0 saturated carbocycles. The Labute approximate surface area is 164 Å². The van der Waals surface area contributed by atoms with Gasteiger partial charge >= 0.3 is 0 Å². The monoisotopic (exact) mass is 436 g/mol. The maximum atomic E-state index is 12.4. The number of hydrogen-bond donors (Lipinski definition) is 1. The average molecular weight is 437 g/mol. The van der Waals surface area contributed by atoms with Gasteiger partial charge < -0.3 is 0 Å². The van der Waals surface area contributed by atoms with Gasteiger partial charge in [0.15, 0.2) is 0 Å². The Morgan fingerprint density at radius 1 is 1.08 bits per heavy atom. The van der Waals surface area contributed by atoms with Crippen molar-refractivity contribution in [2.24, 2.45) is 0 Å². The highest BCUT2D eigenvalue weighted by atomic mass is 79.9. The summed E-state index contributed by atoms with van der Waals surface area (Å²) in [6.07, 6.45) is 0. The largest absolute Gasteiger partial charge is 0.297 e. The van der Waals surface area contributed by atoms with Crippen LogP contribution < -0.4 is 4.72 Å². The number of rotatable bonds is 6. The molecule has 1 aliphatic heterocycles. The smallest absolute Gasteiger partial charge is 0.214 e. The van der Waals surface area contributed by atoms with Crippen LogP contribution in [0.2, 0.25) is 0 Å². The van der Waals surface area contributed by atoms with E-state index in [1.807, 2.05) is 30.3 Å². The van der Waals surface area contributed by atoms with Crippen LogP contribution in [0.3, 0.4) is 0 Å². The maximum absolute atomic E-state index is 12.4. The molecular formula is C20H25BrN2O2S. The standard InChI is InChI=1S/C20H25BrN2O2S/c1-15(2)26(24,25)22-20-14-23(12-16-6-4-3-5-7-16)13-19(20)17-8-10-18(21)11-9-17/h3-11,15,19-20,22H,12-14H2,1-2H3/t19-,20+/m1/s1. The summed E-state index contributed by atoms with van der Waals surface area (Å²) in [5.41, 5.74) is 2.41. The second-order valence-corrected chi connectivity index (χ2v) is 10.3. The Morgan fingerprint density at radius 2 is 1.73 bits per heavy atom. The fraction of sp³-hybridized carbons (Fsp3) is 0.400. The quantitative estimate of drug-likeness (QED) is 0.749. The molecule has 2 aromatic rings. The molecule has 140 valence electrons. The Hall–Kier alpha value is -1.21. The molecule has 0 radical (unpaired) electrons. The molecule has 1 fully saturated rings. The minimum atomic E-state index is -3.31. The van der Waals surface area contributed by atoms with Gasteiger partial charge in [0.25, 0.3) is 0 Å². The zero-order valence-electron chi connectivity index (χ0n) is 15.1. The van der Waals surface area contributed by atoms with Gasteiger partial charge in [-0.2, -0.15) is 0 Å². The number of nitrogens with one attached hydrogen (secondary N) is 1. The molecule has 2 aromatic carbocycles. The fourth-order valence-corrected chi connectivity index (χ4v) is 4.57. The van der Waals surface area contributed by atoms with Crippen molar-refractivity contribution in [3.05, 3.63) is 70.2 Å². The molecule has 1 aliphatic rings. The molecule has 0 aliphatic carbocycles. The number of hydrogen-bond acceptors (Lipinski definition) is 3. The second-order valence-electron chi connectivity index (χ2n) is 7.16. The first-order valence-corrected chi connectivity index (χ1v) is 11.2. The Kier molecular flexibility index (Phi) is 6.17. The van der Waals surface area contributed by atoms with Gasteiger partial charge in [-0.05, 0) is 37.1 Å². The number of sulfonamides is 1. The molecule has 6 heteroatoms. The lowest BCUT2D eigenvalue weighted by molar-refractivity contribution is 0.322. The molecule has 2 atom stereocenters. The number of likely N-dealkylation sites (tertiary alicyclic amines) is 1. The highest BCUT2D eigenvalue weighted by Crippen LogP contribution is 2.30.